The number of sulfonamides is 1. The number of anilines is 1. The first-order valence-electron chi connectivity index (χ1n) is 5.55. The molecule has 0 bridgehead atoms. The lowest BCUT2D eigenvalue weighted by molar-refractivity contribution is 0.378. The number of thiophene rings is 1. The molecular formula is C12H12N2O3S3. The summed E-state index contributed by atoms with van der Waals surface area (Å²) < 4.78 is 32.2. The summed E-state index contributed by atoms with van der Waals surface area (Å²) in [6.45, 7) is 0.108. The van der Waals surface area contributed by atoms with Gasteiger partial charge in [-0.05, 0) is 23.6 Å². The molecule has 0 saturated carbocycles. The van der Waals surface area contributed by atoms with Crippen LogP contribution in [0.2, 0.25) is 0 Å². The molecule has 1 heterocycles. The molecule has 0 spiro atoms. The van der Waals surface area contributed by atoms with Gasteiger partial charge < -0.3 is 10.5 Å². The molecule has 0 atom stereocenters. The average Bonchev–Trinajstić information content (AvgIpc) is 2.91. The van der Waals surface area contributed by atoms with Crippen LogP contribution in [0.3, 0.4) is 0 Å². The molecule has 5 nitrogen and oxygen atoms in total. The number of thiocarbonyl (C=S) groups is 1. The van der Waals surface area contributed by atoms with Crippen LogP contribution in [0.25, 0.3) is 0 Å². The Bertz CT molecular complexity index is 696. The Morgan fingerprint density at radius 1 is 1.35 bits per heavy atom. The lowest BCUT2D eigenvalue weighted by Gasteiger charge is -2.09. The molecule has 20 heavy (non-hydrogen) atoms. The Morgan fingerprint density at radius 3 is 2.80 bits per heavy atom. The van der Waals surface area contributed by atoms with Crippen molar-refractivity contribution in [2.45, 2.75) is 4.21 Å². The van der Waals surface area contributed by atoms with E-state index in [4.69, 9.17) is 22.7 Å². The summed E-state index contributed by atoms with van der Waals surface area (Å²) in [4.78, 5) is 0.231. The van der Waals surface area contributed by atoms with Crippen LogP contribution in [0.15, 0.2) is 46.0 Å². The van der Waals surface area contributed by atoms with E-state index in [9.17, 15) is 8.42 Å². The van der Waals surface area contributed by atoms with Crippen molar-refractivity contribution in [1.82, 2.24) is 0 Å². The molecule has 0 amide bonds. The van der Waals surface area contributed by atoms with Gasteiger partial charge in [0.05, 0.1) is 5.69 Å². The molecule has 1 aromatic carbocycles. The van der Waals surface area contributed by atoms with Crippen LogP contribution in [0.4, 0.5) is 5.69 Å². The second-order valence-corrected chi connectivity index (χ2v) is 7.20. The number of benzene rings is 1. The highest BCUT2D eigenvalue weighted by molar-refractivity contribution is 7.94. The molecule has 0 aliphatic carbocycles. The highest BCUT2D eigenvalue weighted by Gasteiger charge is 2.15. The summed E-state index contributed by atoms with van der Waals surface area (Å²) in [5.74, 6) is 0.490. The minimum absolute atomic E-state index is 0.108. The first kappa shape index (κ1) is 14.8. The van der Waals surface area contributed by atoms with Crippen molar-refractivity contribution >= 4 is 44.3 Å². The van der Waals surface area contributed by atoms with Crippen LogP contribution in [-0.4, -0.2) is 20.0 Å². The van der Waals surface area contributed by atoms with Gasteiger partial charge in [0.15, 0.2) is 0 Å². The first-order valence-corrected chi connectivity index (χ1v) is 8.32. The van der Waals surface area contributed by atoms with E-state index in [1.165, 1.54) is 0 Å². The molecule has 0 saturated heterocycles. The van der Waals surface area contributed by atoms with E-state index in [0.717, 1.165) is 11.3 Å². The molecule has 0 fully saturated rings. The van der Waals surface area contributed by atoms with Gasteiger partial charge in [-0.25, -0.2) is 8.42 Å². The molecule has 0 unspecified atom stereocenters. The van der Waals surface area contributed by atoms with E-state index >= 15 is 0 Å². The zero-order chi connectivity index (χ0) is 14.6. The minimum atomic E-state index is -3.56. The topological polar surface area (TPSA) is 81.4 Å². The summed E-state index contributed by atoms with van der Waals surface area (Å²) in [6, 6.07) is 9.81. The maximum atomic E-state index is 12.1. The Labute approximate surface area is 126 Å². The molecule has 106 valence electrons. The van der Waals surface area contributed by atoms with E-state index in [1.807, 2.05) is 0 Å². The maximum absolute atomic E-state index is 12.1. The predicted octanol–water partition coefficient (Wildman–Crippen LogP) is 2.21. The molecule has 2 aromatic rings. The van der Waals surface area contributed by atoms with Crippen LogP contribution in [-0.2, 0) is 10.0 Å². The third-order valence-electron chi connectivity index (χ3n) is 2.23. The van der Waals surface area contributed by atoms with Crippen LogP contribution < -0.4 is 15.2 Å². The van der Waals surface area contributed by atoms with Crippen molar-refractivity contribution in [2.24, 2.45) is 5.73 Å². The van der Waals surface area contributed by atoms with Crippen molar-refractivity contribution in [3.8, 4) is 5.75 Å². The van der Waals surface area contributed by atoms with E-state index in [1.54, 1.807) is 41.8 Å². The number of nitrogens with two attached hydrogens (primary N) is 1. The van der Waals surface area contributed by atoms with Crippen molar-refractivity contribution in [2.75, 3.05) is 11.3 Å². The standard InChI is InChI=1S/C12H12N2O3S3/c13-11(18)8-17-10-4-1-3-9(7-10)14-20(15,16)12-5-2-6-19-12/h1-7,14H,8H2,(H2,13,18). The summed E-state index contributed by atoms with van der Waals surface area (Å²) in [5.41, 5.74) is 5.76. The van der Waals surface area contributed by atoms with Crippen LogP contribution in [0.1, 0.15) is 0 Å². The molecule has 2 rings (SSSR count). The SMILES string of the molecule is NC(=S)COc1cccc(NS(=O)(=O)c2cccs2)c1. The van der Waals surface area contributed by atoms with Gasteiger partial charge in [0.25, 0.3) is 10.0 Å². The van der Waals surface area contributed by atoms with Gasteiger partial charge >= 0.3 is 0 Å². The molecule has 3 N–H and O–H groups in total. The number of nitrogens with one attached hydrogen (secondary N) is 1. The van der Waals surface area contributed by atoms with Crippen LogP contribution in [0.5, 0.6) is 5.75 Å². The normalized spacial score (nSPS) is 11.0. The molecule has 1 aromatic heterocycles. The number of ether oxygens (including phenoxy) is 1. The monoisotopic (exact) mass is 328 g/mol. The number of rotatable bonds is 6. The Balaban J connectivity index is 2.14. The fraction of sp³-hybridized carbons (Fsp3) is 0.0833. The Hall–Kier alpha value is -1.64. The third-order valence-corrected chi connectivity index (χ3v) is 5.12. The van der Waals surface area contributed by atoms with Gasteiger partial charge in [-0.3, -0.25) is 4.72 Å². The smallest absolute Gasteiger partial charge is 0.271 e. The predicted molar refractivity (Wildman–Crippen MR) is 83.8 cm³/mol. The first-order chi connectivity index (χ1) is 9.47. The van der Waals surface area contributed by atoms with E-state index < -0.39 is 10.0 Å². The maximum Gasteiger partial charge on any atom is 0.271 e. The van der Waals surface area contributed by atoms with Crippen molar-refractivity contribution in [3.05, 3.63) is 41.8 Å². The van der Waals surface area contributed by atoms with E-state index in [-0.39, 0.29) is 15.8 Å². The zero-order valence-corrected chi connectivity index (χ0v) is 12.7. The fourth-order valence-electron chi connectivity index (χ4n) is 1.43. The van der Waals surface area contributed by atoms with Crippen molar-refractivity contribution in [3.63, 3.8) is 0 Å². The molecule has 0 aliphatic rings. The second kappa shape index (κ2) is 6.21. The summed E-state index contributed by atoms with van der Waals surface area (Å²) in [7, 11) is -3.56. The van der Waals surface area contributed by atoms with Gasteiger partial charge in [-0.2, -0.15) is 0 Å². The molecule has 0 radical (unpaired) electrons. The van der Waals surface area contributed by atoms with Gasteiger partial charge in [-0.15, -0.1) is 11.3 Å². The summed E-state index contributed by atoms with van der Waals surface area (Å²) in [5, 5.41) is 1.70. The van der Waals surface area contributed by atoms with Gasteiger partial charge in [0, 0.05) is 6.07 Å². The van der Waals surface area contributed by atoms with Crippen LogP contribution >= 0.6 is 23.6 Å². The molecule has 8 heteroatoms. The van der Waals surface area contributed by atoms with Crippen molar-refractivity contribution in [1.29, 1.82) is 0 Å². The fourth-order valence-corrected chi connectivity index (χ4v) is 3.53. The van der Waals surface area contributed by atoms with Gasteiger partial charge in [0.1, 0.15) is 21.6 Å². The highest BCUT2D eigenvalue weighted by Crippen LogP contribution is 2.23. The quantitative estimate of drug-likeness (QED) is 0.795. The van der Waals surface area contributed by atoms with Crippen molar-refractivity contribution < 1.29 is 13.2 Å². The minimum Gasteiger partial charge on any atom is -0.486 e. The second-order valence-electron chi connectivity index (χ2n) is 3.82. The highest BCUT2D eigenvalue weighted by atomic mass is 32.2. The third kappa shape index (κ3) is 3.92. The van der Waals surface area contributed by atoms with E-state index in [0.29, 0.717) is 11.4 Å². The van der Waals surface area contributed by atoms with Crippen LogP contribution in [0, 0.1) is 0 Å². The lowest BCUT2D eigenvalue weighted by Crippen LogP contribution is -2.18. The molecule has 0 aliphatic heterocycles. The number of hydrogen-bond acceptors (Lipinski definition) is 5. The lowest BCUT2D eigenvalue weighted by atomic mass is 10.3. The number of hydrogen-bond donors (Lipinski definition) is 2. The largest absolute Gasteiger partial charge is 0.486 e. The zero-order valence-electron chi connectivity index (χ0n) is 10.3. The molecular weight excluding hydrogens is 316 g/mol. The Morgan fingerprint density at radius 2 is 2.15 bits per heavy atom. The Kier molecular flexibility index (Phi) is 4.58. The average molecular weight is 328 g/mol. The van der Waals surface area contributed by atoms with E-state index in [2.05, 4.69) is 4.72 Å². The summed E-state index contributed by atoms with van der Waals surface area (Å²) >= 11 is 5.86. The van der Waals surface area contributed by atoms with Gasteiger partial charge in [-0.1, -0.05) is 24.4 Å². The van der Waals surface area contributed by atoms with Gasteiger partial charge in [0.2, 0.25) is 0 Å². The summed E-state index contributed by atoms with van der Waals surface area (Å²) in [6.07, 6.45) is 0.